The van der Waals surface area contributed by atoms with Gasteiger partial charge in [0.25, 0.3) is 10.9 Å². The van der Waals surface area contributed by atoms with Crippen LogP contribution in [0.5, 0.6) is 0 Å². The van der Waals surface area contributed by atoms with Gasteiger partial charge in [-0.3, -0.25) is 4.79 Å². The molecule has 0 aliphatic rings. The van der Waals surface area contributed by atoms with Gasteiger partial charge >= 0.3 is 6.18 Å². The number of nitrogens with one attached hydrogen (secondary N) is 2. The molecular formula is C22H21F3N4O3. The second-order valence-electron chi connectivity index (χ2n) is 7.39. The van der Waals surface area contributed by atoms with Gasteiger partial charge in [-0.25, -0.2) is 4.98 Å². The number of aromatic amines is 1. The fourth-order valence-corrected chi connectivity index (χ4v) is 3.23. The molecule has 7 nitrogen and oxygen atoms in total. The van der Waals surface area contributed by atoms with Gasteiger partial charge in [0.1, 0.15) is 5.97 Å². The molecule has 4 aromatic rings. The first kappa shape index (κ1) is 22.9. The van der Waals surface area contributed by atoms with Crippen LogP contribution in [0.25, 0.3) is 21.8 Å². The predicted molar refractivity (Wildman–Crippen MR) is 114 cm³/mol. The fraction of sp³-hybridized carbons (Fsp3) is 0.227. The van der Waals surface area contributed by atoms with E-state index in [1.807, 2.05) is 50.2 Å². The third-order valence-electron chi connectivity index (χ3n) is 4.94. The molecule has 2 aromatic carbocycles. The van der Waals surface area contributed by atoms with E-state index < -0.39 is 12.1 Å². The smallest absolute Gasteiger partial charge is 0.430 e. The summed E-state index contributed by atoms with van der Waals surface area (Å²) in [4.78, 5) is 26.7. The van der Waals surface area contributed by atoms with Crippen molar-refractivity contribution in [2.75, 3.05) is 24.3 Å². The number of nitrogens with zero attached hydrogens (tertiary/aromatic N) is 2. The van der Waals surface area contributed by atoms with E-state index in [0.29, 0.717) is 17.7 Å². The van der Waals surface area contributed by atoms with Crippen LogP contribution in [0.4, 0.5) is 24.5 Å². The number of halogens is 3. The molecule has 0 atom stereocenters. The molecule has 0 unspecified atom stereocenters. The lowest BCUT2D eigenvalue weighted by Crippen LogP contribution is -2.37. The zero-order valence-electron chi connectivity index (χ0n) is 17.6. The van der Waals surface area contributed by atoms with E-state index in [0.717, 1.165) is 27.5 Å². The number of alkyl halides is 3. The maximum atomic E-state index is 12.8. The lowest BCUT2D eigenvalue weighted by Gasteiger charge is -2.13. The van der Waals surface area contributed by atoms with Gasteiger partial charge in [-0.2, -0.15) is 13.2 Å². The first-order valence-corrected chi connectivity index (χ1v) is 9.53. The number of pyridine rings is 1. The summed E-state index contributed by atoms with van der Waals surface area (Å²) < 4.78 is 33.6. The van der Waals surface area contributed by atoms with Crippen LogP contribution < -0.4 is 25.7 Å². The first-order chi connectivity index (χ1) is 15.0. The SMILES string of the molecule is CN(C)c1ccc(CNc2cc3c4c(ccn3C)c[nH+]c4c2=O)cc1.O=C([O-])C(F)(F)F. The average Bonchev–Trinajstić information content (AvgIpc) is 3.16. The van der Waals surface area contributed by atoms with Crippen molar-refractivity contribution in [2.45, 2.75) is 12.7 Å². The number of carboxylic acids is 1. The number of carbonyl (C=O) groups is 1. The van der Waals surface area contributed by atoms with Gasteiger partial charge in [0.15, 0.2) is 6.20 Å². The number of benzene rings is 2. The quantitative estimate of drug-likeness (QED) is 0.517. The van der Waals surface area contributed by atoms with Crippen LogP contribution in [-0.4, -0.2) is 30.8 Å². The van der Waals surface area contributed by atoms with Gasteiger partial charge in [-0.15, -0.1) is 0 Å². The molecule has 0 bridgehead atoms. The molecule has 0 fully saturated rings. The summed E-state index contributed by atoms with van der Waals surface area (Å²) in [5, 5.41) is 14.1. The van der Waals surface area contributed by atoms with Crippen LogP contribution >= 0.6 is 0 Å². The number of aromatic nitrogens is 2. The highest BCUT2D eigenvalue weighted by atomic mass is 19.4. The average molecular weight is 446 g/mol. The number of rotatable bonds is 4. The van der Waals surface area contributed by atoms with Crippen LogP contribution in [-0.2, 0) is 18.4 Å². The van der Waals surface area contributed by atoms with Crippen LogP contribution in [0, 0.1) is 0 Å². The second-order valence-corrected chi connectivity index (χ2v) is 7.39. The number of aliphatic carboxylic acids is 1. The molecule has 0 saturated heterocycles. The number of hydrogen-bond donors (Lipinski definition) is 1. The molecule has 0 aliphatic heterocycles. The van der Waals surface area contributed by atoms with E-state index in [2.05, 4.69) is 39.5 Å². The van der Waals surface area contributed by atoms with Crippen molar-refractivity contribution in [3.05, 3.63) is 64.6 Å². The van der Waals surface area contributed by atoms with E-state index in [-0.39, 0.29) is 5.43 Å². The highest BCUT2D eigenvalue weighted by molar-refractivity contribution is 6.07. The van der Waals surface area contributed by atoms with E-state index >= 15 is 0 Å². The number of H-pyrrole nitrogens is 1. The normalized spacial score (nSPS) is 11.3. The number of aryl methyl sites for hydroxylation is 1. The van der Waals surface area contributed by atoms with E-state index in [1.54, 1.807) is 0 Å². The molecule has 0 aliphatic carbocycles. The van der Waals surface area contributed by atoms with Gasteiger partial charge in [0.05, 0.1) is 22.0 Å². The van der Waals surface area contributed by atoms with E-state index in [1.165, 1.54) is 0 Å². The zero-order chi connectivity index (χ0) is 23.6. The summed E-state index contributed by atoms with van der Waals surface area (Å²) in [5.74, 6) is -3.01. The lowest BCUT2D eigenvalue weighted by molar-refractivity contribution is -0.344. The summed E-state index contributed by atoms with van der Waals surface area (Å²) >= 11 is 0. The third kappa shape index (κ3) is 4.74. The van der Waals surface area contributed by atoms with Gasteiger partial charge < -0.3 is 24.7 Å². The topological polar surface area (TPSA) is 91.5 Å². The Bertz CT molecular complexity index is 1300. The van der Waals surface area contributed by atoms with Gasteiger partial charge in [0.2, 0.25) is 0 Å². The van der Waals surface area contributed by atoms with Crippen LogP contribution in [0.3, 0.4) is 0 Å². The molecule has 32 heavy (non-hydrogen) atoms. The second kappa shape index (κ2) is 8.74. The molecule has 168 valence electrons. The fourth-order valence-electron chi connectivity index (χ4n) is 3.23. The van der Waals surface area contributed by atoms with Crippen molar-refractivity contribution in [3.63, 3.8) is 0 Å². The minimum Gasteiger partial charge on any atom is -0.542 e. The van der Waals surface area contributed by atoms with Crippen molar-refractivity contribution in [1.29, 1.82) is 0 Å². The summed E-state index contributed by atoms with van der Waals surface area (Å²) in [6.45, 7) is 0.612. The zero-order valence-corrected chi connectivity index (χ0v) is 17.6. The van der Waals surface area contributed by atoms with Crippen molar-refractivity contribution >= 4 is 39.1 Å². The Morgan fingerprint density at radius 2 is 1.81 bits per heavy atom. The Balaban J connectivity index is 0.000000360. The molecule has 10 heteroatoms. The lowest BCUT2D eigenvalue weighted by atomic mass is 10.1. The Kier molecular flexibility index (Phi) is 6.24. The molecule has 0 amide bonds. The molecule has 0 radical (unpaired) electrons. The highest BCUT2D eigenvalue weighted by Crippen LogP contribution is 2.24. The molecule has 4 rings (SSSR count). The predicted octanol–water partition coefficient (Wildman–Crippen LogP) is 1.92. The Labute approximate surface area is 181 Å². The minimum absolute atomic E-state index is 0.0126. The minimum atomic E-state index is -5.19. The van der Waals surface area contributed by atoms with Crippen molar-refractivity contribution < 1.29 is 28.1 Å². The van der Waals surface area contributed by atoms with Crippen LogP contribution in [0.1, 0.15) is 5.56 Å². The standard InChI is InChI=1S/C20H20N4O.C2HF3O2/c1-23(2)15-6-4-13(5-7-15)11-21-16-10-17-18-14(8-9-24(17)3)12-22-19(18)20(16)25;3-2(4,5)1(6)7/h4-10,12,21H,11H2,1-3H3;(H,6,7). The van der Waals surface area contributed by atoms with Crippen molar-refractivity contribution in [1.82, 2.24) is 4.57 Å². The molecule has 2 N–H and O–H groups in total. The van der Waals surface area contributed by atoms with Gasteiger partial charge in [-0.05, 0) is 29.8 Å². The third-order valence-corrected chi connectivity index (χ3v) is 4.94. The van der Waals surface area contributed by atoms with Gasteiger partial charge in [0, 0.05) is 39.6 Å². The van der Waals surface area contributed by atoms with E-state index in [9.17, 15) is 18.0 Å². The summed E-state index contributed by atoms with van der Waals surface area (Å²) in [7, 11) is 6.04. The largest absolute Gasteiger partial charge is 0.542 e. The van der Waals surface area contributed by atoms with Crippen molar-refractivity contribution in [3.8, 4) is 0 Å². The number of anilines is 2. The summed E-state index contributed by atoms with van der Waals surface area (Å²) in [6, 6.07) is 12.3. The highest BCUT2D eigenvalue weighted by Gasteiger charge is 2.28. The number of carbonyl (C=O) groups excluding carboxylic acids is 1. The van der Waals surface area contributed by atoms with Crippen molar-refractivity contribution in [2.24, 2.45) is 7.05 Å². The molecular weight excluding hydrogens is 425 g/mol. The summed E-state index contributed by atoms with van der Waals surface area (Å²) in [6.07, 6.45) is -1.29. The molecule has 2 aromatic heterocycles. The number of carboxylic acid groups (broad SMARTS) is 1. The van der Waals surface area contributed by atoms with Gasteiger partial charge in [-0.1, -0.05) is 12.1 Å². The Morgan fingerprint density at radius 3 is 2.38 bits per heavy atom. The Hall–Kier alpha value is -3.82. The molecule has 0 saturated carbocycles. The van der Waals surface area contributed by atoms with E-state index in [4.69, 9.17) is 9.90 Å². The molecule has 2 heterocycles. The number of hydrogen-bond acceptors (Lipinski definition) is 5. The maximum Gasteiger partial charge on any atom is 0.430 e. The van der Waals surface area contributed by atoms with Crippen LogP contribution in [0.2, 0.25) is 0 Å². The first-order valence-electron chi connectivity index (χ1n) is 9.53. The Morgan fingerprint density at radius 1 is 1.19 bits per heavy atom. The molecule has 0 spiro atoms. The maximum absolute atomic E-state index is 12.8. The van der Waals surface area contributed by atoms with Crippen LogP contribution in [0.15, 0.2) is 53.6 Å². The summed E-state index contributed by atoms with van der Waals surface area (Å²) in [5.41, 5.74) is 4.63. The monoisotopic (exact) mass is 446 g/mol.